The molecular weight excluding hydrogens is 132 g/mol. The van der Waals surface area contributed by atoms with Crippen molar-refractivity contribution in [3.05, 3.63) is 35.5 Å². The van der Waals surface area contributed by atoms with Crippen molar-refractivity contribution in [1.29, 1.82) is 0 Å². The molecule has 0 aliphatic heterocycles. The average Bonchev–Trinajstić information content (AvgIpc) is 2.03. The Morgan fingerprint density at radius 3 is 3.00 bits per heavy atom. The Morgan fingerprint density at radius 2 is 2.36 bits per heavy atom. The lowest BCUT2D eigenvalue weighted by Crippen LogP contribution is -1.88. The van der Waals surface area contributed by atoms with E-state index in [0.717, 1.165) is 6.42 Å². The molecule has 1 aliphatic carbocycles. The minimum absolute atomic E-state index is 1.14. The minimum atomic E-state index is 1.14. The number of hydrogen-bond donors (Lipinski definition) is 0. The molecule has 1 rings (SSSR count). The third kappa shape index (κ3) is 2.38. The molecule has 0 bridgehead atoms. The smallest absolute Gasteiger partial charge is 0.0242 e. The van der Waals surface area contributed by atoms with E-state index in [1.807, 2.05) is 0 Å². The Bertz CT molecular complexity index is 204. The van der Waals surface area contributed by atoms with Gasteiger partial charge in [0.1, 0.15) is 0 Å². The molecule has 0 aromatic heterocycles. The predicted molar refractivity (Wildman–Crippen MR) is 50.5 cm³/mol. The summed E-state index contributed by atoms with van der Waals surface area (Å²) in [6, 6.07) is 0. The van der Waals surface area contributed by atoms with Gasteiger partial charge in [0.05, 0.1) is 0 Å². The van der Waals surface area contributed by atoms with Crippen LogP contribution in [0.1, 0.15) is 33.1 Å². The van der Waals surface area contributed by atoms with Crippen molar-refractivity contribution in [3.63, 3.8) is 0 Å². The first-order chi connectivity index (χ1) is 5.34. The molecular formula is C11H16. The van der Waals surface area contributed by atoms with Gasteiger partial charge >= 0.3 is 0 Å². The third-order valence-corrected chi connectivity index (χ3v) is 2.01. The van der Waals surface area contributed by atoms with Gasteiger partial charge < -0.3 is 0 Å². The molecule has 0 atom stereocenters. The molecule has 0 heteroatoms. The molecule has 0 saturated heterocycles. The van der Waals surface area contributed by atoms with Gasteiger partial charge in [-0.1, -0.05) is 31.2 Å². The van der Waals surface area contributed by atoms with Crippen molar-refractivity contribution in [3.8, 4) is 0 Å². The van der Waals surface area contributed by atoms with Crippen LogP contribution in [-0.2, 0) is 0 Å². The van der Waals surface area contributed by atoms with Crippen molar-refractivity contribution in [2.75, 3.05) is 0 Å². The van der Waals surface area contributed by atoms with E-state index in [1.165, 1.54) is 24.0 Å². The lowest BCUT2D eigenvalue weighted by atomic mass is 9.98. The van der Waals surface area contributed by atoms with Gasteiger partial charge in [-0.2, -0.15) is 0 Å². The maximum Gasteiger partial charge on any atom is -0.0242 e. The summed E-state index contributed by atoms with van der Waals surface area (Å²) >= 11 is 0. The highest BCUT2D eigenvalue weighted by Crippen LogP contribution is 2.19. The van der Waals surface area contributed by atoms with E-state index in [4.69, 9.17) is 0 Å². The first kappa shape index (κ1) is 8.32. The third-order valence-electron chi connectivity index (χ3n) is 2.01. The monoisotopic (exact) mass is 148 g/mol. The highest BCUT2D eigenvalue weighted by molar-refractivity contribution is 5.34. The first-order valence-corrected chi connectivity index (χ1v) is 4.37. The van der Waals surface area contributed by atoms with Gasteiger partial charge in [-0.25, -0.2) is 0 Å². The zero-order valence-electron chi connectivity index (χ0n) is 7.43. The van der Waals surface area contributed by atoms with Crippen LogP contribution in [0.4, 0.5) is 0 Å². The van der Waals surface area contributed by atoms with Crippen LogP contribution in [0, 0.1) is 0 Å². The molecule has 0 aromatic carbocycles. The van der Waals surface area contributed by atoms with E-state index in [0.29, 0.717) is 0 Å². The van der Waals surface area contributed by atoms with Gasteiger partial charge in [-0.3, -0.25) is 0 Å². The molecule has 0 saturated carbocycles. The summed E-state index contributed by atoms with van der Waals surface area (Å²) in [6.07, 6.45) is 12.5. The maximum absolute atomic E-state index is 2.26. The Balaban J connectivity index is 2.67. The fraction of sp³-hybridized carbons (Fsp3) is 0.455. The van der Waals surface area contributed by atoms with Crippen molar-refractivity contribution in [1.82, 2.24) is 0 Å². The molecule has 0 amide bonds. The lowest BCUT2D eigenvalue weighted by molar-refractivity contribution is 0.966. The first-order valence-electron chi connectivity index (χ1n) is 4.37. The summed E-state index contributed by atoms with van der Waals surface area (Å²) in [4.78, 5) is 0. The predicted octanol–water partition coefficient (Wildman–Crippen LogP) is 3.62. The van der Waals surface area contributed by atoms with Crippen LogP contribution in [0.3, 0.4) is 0 Å². The molecule has 60 valence electrons. The molecule has 11 heavy (non-hydrogen) atoms. The second kappa shape index (κ2) is 4.17. The van der Waals surface area contributed by atoms with Gasteiger partial charge in [0.15, 0.2) is 0 Å². The van der Waals surface area contributed by atoms with Crippen LogP contribution in [0.25, 0.3) is 0 Å². The summed E-state index contributed by atoms with van der Waals surface area (Å²) in [5.74, 6) is 0. The van der Waals surface area contributed by atoms with Crippen LogP contribution in [0.2, 0.25) is 0 Å². The minimum Gasteiger partial charge on any atom is -0.0845 e. The molecule has 0 nitrogen and oxygen atoms in total. The standard InChI is InChI=1S/C11H16/c1-3-4-8-11-9-6-5-7-10(11)2/h4-5,7-8H,3,6,9H2,1-2H3/b8-4-. The Hall–Kier alpha value is -0.780. The van der Waals surface area contributed by atoms with Crippen LogP contribution in [0.15, 0.2) is 35.5 Å². The summed E-state index contributed by atoms with van der Waals surface area (Å²) < 4.78 is 0. The van der Waals surface area contributed by atoms with Gasteiger partial charge in [0.25, 0.3) is 0 Å². The molecule has 0 heterocycles. The van der Waals surface area contributed by atoms with E-state index in [1.54, 1.807) is 0 Å². The Labute approximate surface area is 69.3 Å². The Kier molecular flexibility index (Phi) is 3.15. The van der Waals surface area contributed by atoms with Crippen molar-refractivity contribution >= 4 is 0 Å². The van der Waals surface area contributed by atoms with Crippen molar-refractivity contribution < 1.29 is 0 Å². The van der Waals surface area contributed by atoms with Crippen LogP contribution in [0.5, 0.6) is 0 Å². The van der Waals surface area contributed by atoms with E-state index < -0.39 is 0 Å². The molecule has 0 fully saturated rings. The van der Waals surface area contributed by atoms with Gasteiger partial charge in [-0.05, 0) is 37.3 Å². The van der Waals surface area contributed by atoms with Crippen molar-refractivity contribution in [2.24, 2.45) is 0 Å². The second-order valence-electron chi connectivity index (χ2n) is 2.96. The topological polar surface area (TPSA) is 0 Å². The van der Waals surface area contributed by atoms with Crippen molar-refractivity contribution in [2.45, 2.75) is 33.1 Å². The number of hydrogen-bond acceptors (Lipinski definition) is 0. The molecule has 0 aromatic rings. The highest BCUT2D eigenvalue weighted by atomic mass is 14.0. The lowest BCUT2D eigenvalue weighted by Gasteiger charge is -2.08. The van der Waals surface area contributed by atoms with E-state index in [9.17, 15) is 0 Å². The van der Waals surface area contributed by atoms with Gasteiger partial charge in [-0.15, -0.1) is 0 Å². The fourth-order valence-electron chi connectivity index (χ4n) is 1.28. The highest BCUT2D eigenvalue weighted by Gasteiger charge is 1.99. The SMILES string of the molecule is CC/C=C\C1=C(C)C=CCC1. The molecule has 0 spiro atoms. The quantitative estimate of drug-likeness (QED) is 0.561. The van der Waals surface area contributed by atoms with Gasteiger partial charge in [0.2, 0.25) is 0 Å². The maximum atomic E-state index is 2.26. The average molecular weight is 148 g/mol. The van der Waals surface area contributed by atoms with E-state index in [2.05, 4.69) is 38.2 Å². The number of rotatable bonds is 2. The summed E-state index contributed by atoms with van der Waals surface area (Å²) in [5, 5.41) is 0. The zero-order valence-corrected chi connectivity index (χ0v) is 7.43. The largest absolute Gasteiger partial charge is 0.0845 e. The van der Waals surface area contributed by atoms with E-state index >= 15 is 0 Å². The van der Waals surface area contributed by atoms with E-state index in [-0.39, 0.29) is 0 Å². The zero-order chi connectivity index (χ0) is 8.10. The normalized spacial score (nSPS) is 18.4. The molecule has 0 radical (unpaired) electrons. The summed E-state index contributed by atoms with van der Waals surface area (Å²) in [6.45, 7) is 4.36. The number of allylic oxidation sites excluding steroid dienone is 6. The second-order valence-corrected chi connectivity index (χ2v) is 2.96. The molecule has 0 N–H and O–H groups in total. The van der Waals surface area contributed by atoms with Crippen LogP contribution >= 0.6 is 0 Å². The van der Waals surface area contributed by atoms with Crippen LogP contribution < -0.4 is 0 Å². The van der Waals surface area contributed by atoms with Gasteiger partial charge in [0, 0.05) is 0 Å². The molecule has 0 unspecified atom stereocenters. The fourth-order valence-corrected chi connectivity index (χ4v) is 1.28. The molecule has 1 aliphatic rings. The summed E-state index contributed by atoms with van der Waals surface area (Å²) in [7, 11) is 0. The summed E-state index contributed by atoms with van der Waals surface area (Å²) in [5.41, 5.74) is 2.94. The Morgan fingerprint density at radius 1 is 1.55 bits per heavy atom. The van der Waals surface area contributed by atoms with Crippen LogP contribution in [-0.4, -0.2) is 0 Å².